The molecule has 0 saturated carbocycles. The summed E-state index contributed by atoms with van der Waals surface area (Å²) in [7, 11) is 1.92. The molecule has 0 atom stereocenters. The second-order valence-corrected chi connectivity index (χ2v) is 4.28. The average molecular weight is 274 g/mol. The van der Waals surface area contributed by atoms with Crippen molar-refractivity contribution in [2.75, 3.05) is 18.5 Å². The molecule has 0 saturated heterocycles. The summed E-state index contributed by atoms with van der Waals surface area (Å²) in [5.41, 5.74) is 1.62. The number of aryl methyl sites for hydroxylation is 1. The van der Waals surface area contributed by atoms with Crippen LogP contribution in [0.15, 0.2) is 30.6 Å². The Kier molecular flexibility index (Phi) is 4.70. The fourth-order valence-electron chi connectivity index (χ4n) is 1.80. The lowest BCUT2D eigenvalue weighted by Gasteiger charge is -2.06. The van der Waals surface area contributed by atoms with Crippen LogP contribution in [0.3, 0.4) is 0 Å². The summed E-state index contributed by atoms with van der Waals surface area (Å²) in [6, 6.07) is 5.46. The highest BCUT2D eigenvalue weighted by Crippen LogP contribution is 2.07. The molecular formula is C14H18N4O2. The molecule has 0 bridgehead atoms. The average Bonchev–Trinajstić information content (AvgIpc) is 2.85. The van der Waals surface area contributed by atoms with Crippen LogP contribution in [0.4, 0.5) is 5.82 Å². The Morgan fingerprint density at radius 3 is 2.85 bits per heavy atom. The minimum atomic E-state index is -0.346. The van der Waals surface area contributed by atoms with E-state index in [1.54, 1.807) is 25.3 Å². The molecule has 0 aromatic carbocycles. The first kappa shape index (κ1) is 14.0. The molecule has 20 heavy (non-hydrogen) atoms. The first-order chi connectivity index (χ1) is 9.70. The zero-order chi connectivity index (χ0) is 14.4. The SMILES string of the molecule is CCOC(=O)c1ccc(NCCc2ccnn2C)nc1. The largest absolute Gasteiger partial charge is 0.462 e. The summed E-state index contributed by atoms with van der Waals surface area (Å²) in [5, 5.41) is 7.32. The number of hydrogen-bond acceptors (Lipinski definition) is 5. The molecule has 0 unspecified atom stereocenters. The minimum Gasteiger partial charge on any atom is -0.462 e. The van der Waals surface area contributed by atoms with E-state index in [-0.39, 0.29) is 5.97 Å². The van der Waals surface area contributed by atoms with Gasteiger partial charge in [-0.15, -0.1) is 0 Å². The number of carbonyl (C=O) groups excluding carboxylic acids is 1. The van der Waals surface area contributed by atoms with Crippen molar-refractivity contribution < 1.29 is 9.53 Å². The molecule has 6 nitrogen and oxygen atoms in total. The number of aromatic nitrogens is 3. The van der Waals surface area contributed by atoms with Gasteiger partial charge >= 0.3 is 5.97 Å². The van der Waals surface area contributed by atoms with Gasteiger partial charge in [-0.1, -0.05) is 0 Å². The Bertz CT molecular complexity index is 563. The standard InChI is InChI=1S/C14H18N4O2/c1-3-20-14(19)11-4-5-13(16-10-11)15-8-6-12-7-9-17-18(12)2/h4-5,7,9-10H,3,6,8H2,1-2H3,(H,15,16). The number of carbonyl (C=O) groups is 1. The van der Waals surface area contributed by atoms with Crippen molar-refractivity contribution in [3.63, 3.8) is 0 Å². The van der Waals surface area contributed by atoms with Crippen molar-refractivity contribution in [2.45, 2.75) is 13.3 Å². The third kappa shape index (κ3) is 3.57. The minimum absolute atomic E-state index is 0.346. The molecule has 0 aliphatic heterocycles. The van der Waals surface area contributed by atoms with Gasteiger partial charge in [-0.25, -0.2) is 9.78 Å². The van der Waals surface area contributed by atoms with Gasteiger partial charge in [0.05, 0.1) is 12.2 Å². The van der Waals surface area contributed by atoms with Crippen molar-refractivity contribution >= 4 is 11.8 Å². The second kappa shape index (κ2) is 6.70. The van der Waals surface area contributed by atoms with E-state index < -0.39 is 0 Å². The highest BCUT2D eigenvalue weighted by Gasteiger charge is 2.06. The predicted octanol–water partition coefficient (Wildman–Crippen LogP) is 1.65. The topological polar surface area (TPSA) is 69.0 Å². The molecule has 0 aliphatic rings. The summed E-state index contributed by atoms with van der Waals surface area (Å²) < 4.78 is 6.75. The molecule has 0 aliphatic carbocycles. The molecule has 6 heteroatoms. The first-order valence-corrected chi connectivity index (χ1v) is 6.54. The van der Waals surface area contributed by atoms with Gasteiger partial charge in [0.25, 0.3) is 0 Å². The quantitative estimate of drug-likeness (QED) is 0.811. The van der Waals surface area contributed by atoms with Crippen LogP contribution in [0, 0.1) is 0 Å². The highest BCUT2D eigenvalue weighted by molar-refractivity contribution is 5.89. The lowest BCUT2D eigenvalue weighted by atomic mass is 10.3. The van der Waals surface area contributed by atoms with Crippen LogP contribution >= 0.6 is 0 Å². The summed E-state index contributed by atoms with van der Waals surface area (Å²) in [6.45, 7) is 2.90. The number of rotatable bonds is 6. The van der Waals surface area contributed by atoms with E-state index in [4.69, 9.17) is 4.74 Å². The van der Waals surface area contributed by atoms with Crippen LogP contribution in [-0.2, 0) is 18.2 Å². The highest BCUT2D eigenvalue weighted by atomic mass is 16.5. The van der Waals surface area contributed by atoms with Crippen LogP contribution in [0.5, 0.6) is 0 Å². The Morgan fingerprint density at radius 1 is 1.40 bits per heavy atom. The molecule has 2 aromatic heterocycles. The molecule has 0 amide bonds. The van der Waals surface area contributed by atoms with Gasteiger partial charge in [-0.3, -0.25) is 4.68 Å². The van der Waals surface area contributed by atoms with E-state index in [2.05, 4.69) is 15.4 Å². The van der Waals surface area contributed by atoms with E-state index in [0.717, 1.165) is 24.5 Å². The maximum absolute atomic E-state index is 11.5. The van der Waals surface area contributed by atoms with E-state index in [1.807, 2.05) is 17.8 Å². The van der Waals surface area contributed by atoms with Gasteiger partial charge in [0.1, 0.15) is 5.82 Å². The molecule has 0 fully saturated rings. The summed E-state index contributed by atoms with van der Waals surface area (Å²) in [6.07, 6.45) is 4.16. The van der Waals surface area contributed by atoms with Gasteiger partial charge in [0.2, 0.25) is 0 Å². The number of nitrogens with zero attached hydrogens (tertiary/aromatic N) is 3. The lowest BCUT2D eigenvalue weighted by molar-refractivity contribution is 0.0526. The molecule has 2 heterocycles. The molecule has 2 aromatic rings. The molecule has 0 radical (unpaired) electrons. The molecule has 0 spiro atoms. The van der Waals surface area contributed by atoms with Crippen molar-refractivity contribution in [3.8, 4) is 0 Å². The first-order valence-electron chi connectivity index (χ1n) is 6.54. The summed E-state index contributed by atoms with van der Waals surface area (Å²) >= 11 is 0. The maximum atomic E-state index is 11.5. The van der Waals surface area contributed by atoms with Gasteiger partial charge < -0.3 is 10.1 Å². The van der Waals surface area contributed by atoms with Gasteiger partial charge in [0, 0.05) is 38.1 Å². The zero-order valence-electron chi connectivity index (χ0n) is 11.7. The van der Waals surface area contributed by atoms with Crippen molar-refractivity contribution in [1.82, 2.24) is 14.8 Å². The number of esters is 1. The normalized spacial score (nSPS) is 10.3. The molecule has 2 rings (SSSR count). The van der Waals surface area contributed by atoms with Gasteiger partial charge in [-0.2, -0.15) is 5.10 Å². The Hall–Kier alpha value is -2.37. The molecular weight excluding hydrogens is 256 g/mol. The fraction of sp³-hybridized carbons (Fsp3) is 0.357. The monoisotopic (exact) mass is 274 g/mol. The molecule has 106 valence electrons. The van der Waals surface area contributed by atoms with E-state index in [0.29, 0.717) is 12.2 Å². The Labute approximate surface area is 117 Å². The van der Waals surface area contributed by atoms with Crippen LogP contribution in [-0.4, -0.2) is 33.9 Å². The van der Waals surface area contributed by atoms with Crippen LogP contribution in [0.1, 0.15) is 23.0 Å². The van der Waals surface area contributed by atoms with Gasteiger partial charge in [0.15, 0.2) is 0 Å². The van der Waals surface area contributed by atoms with Crippen LogP contribution in [0.2, 0.25) is 0 Å². The van der Waals surface area contributed by atoms with E-state index in [1.165, 1.54) is 6.20 Å². The number of pyridine rings is 1. The van der Waals surface area contributed by atoms with E-state index >= 15 is 0 Å². The molecule has 1 N–H and O–H groups in total. The Balaban J connectivity index is 1.85. The van der Waals surface area contributed by atoms with Crippen LogP contribution in [0.25, 0.3) is 0 Å². The van der Waals surface area contributed by atoms with E-state index in [9.17, 15) is 4.79 Å². The zero-order valence-corrected chi connectivity index (χ0v) is 11.7. The second-order valence-electron chi connectivity index (χ2n) is 4.28. The number of nitrogens with one attached hydrogen (secondary N) is 1. The van der Waals surface area contributed by atoms with Crippen molar-refractivity contribution in [1.29, 1.82) is 0 Å². The van der Waals surface area contributed by atoms with Crippen molar-refractivity contribution in [3.05, 3.63) is 41.9 Å². The van der Waals surface area contributed by atoms with Crippen molar-refractivity contribution in [2.24, 2.45) is 7.05 Å². The van der Waals surface area contributed by atoms with Crippen LogP contribution < -0.4 is 5.32 Å². The summed E-state index contributed by atoms with van der Waals surface area (Å²) in [4.78, 5) is 15.7. The number of anilines is 1. The Morgan fingerprint density at radius 2 is 2.25 bits per heavy atom. The third-order valence-electron chi connectivity index (χ3n) is 2.88. The number of ether oxygens (including phenoxy) is 1. The third-order valence-corrected chi connectivity index (χ3v) is 2.88. The lowest BCUT2D eigenvalue weighted by Crippen LogP contribution is -2.10. The number of hydrogen-bond donors (Lipinski definition) is 1. The fourth-order valence-corrected chi connectivity index (χ4v) is 1.80. The summed E-state index contributed by atoms with van der Waals surface area (Å²) in [5.74, 6) is 0.390. The predicted molar refractivity (Wildman–Crippen MR) is 75.6 cm³/mol. The maximum Gasteiger partial charge on any atom is 0.339 e. The smallest absolute Gasteiger partial charge is 0.339 e. The van der Waals surface area contributed by atoms with Gasteiger partial charge in [-0.05, 0) is 25.1 Å².